The van der Waals surface area contributed by atoms with E-state index in [9.17, 15) is 9.59 Å². The third-order valence-corrected chi connectivity index (χ3v) is 3.47. The van der Waals surface area contributed by atoms with Gasteiger partial charge >= 0.3 is 11.9 Å². The van der Waals surface area contributed by atoms with Gasteiger partial charge in [-0.15, -0.1) is 0 Å². The zero-order valence-electron chi connectivity index (χ0n) is 12.7. The highest BCUT2D eigenvalue weighted by Gasteiger charge is 2.38. The summed E-state index contributed by atoms with van der Waals surface area (Å²) in [7, 11) is 0. The van der Waals surface area contributed by atoms with Crippen LogP contribution in [0.3, 0.4) is 0 Å². The number of ether oxygens (including phenoxy) is 2. The summed E-state index contributed by atoms with van der Waals surface area (Å²) >= 11 is 6.15. The lowest BCUT2D eigenvalue weighted by atomic mass is 10.2. The molecule has 0 spiro atoms. The normalized spacial score (nSPS) is 17.0. The molecular formula is C16H14ClNO5. The molecular weight excluding hydrogens is 322 g/mol. The Morgan fingerprint density at radius 3 is 2.43 bits per heavy atom. The van der Waals surface area contributed by atoms with Crippen LogP contribution in [-0.4, -0.2) is 17.7 Å². The molecule has 1 aliphatic heterocycles. The maximum Gasteiger partial charge on any atom is 0.350 e. The molecule has 0 saturated carbocycles. The van der Waals surface area contributed by atoms with Crippen LogP contribution in [0, 0.1) is 6.92 Å². The van der Waals surface area contributed by atoms with Crippen molar-refractivity contribution in [3.8, 4) is 0 Å². The third kappa shape index (κ3) is 3.03. The number of rotatable bonds is 2. The molecule has 0 radical (unpaired) electrons. The maximum atomic E-state index is 11.9. The van der Waals surface area contributed by atoms with Crippen LogP contribution < -0.4 is 5.32 Å². The van der Waals surface area contributed by atoms with Gasteiger partial charge in [-0.2, -0.15) is 0 Å². The van der Waals surface area contributed by atoms with E-state index >= 15 is 0 Å². The minimum Gasteiger partial charge on any atom is -0.460 e. The van der Waals surface area contributed by atoms with Crippen LogP contribution in [0.4, 0.5) is 5.69 Å². The fourth-order valence-electron chi connectivity index (χ4n) is 2.26. The molecule has 23 heavy (non-hydrogen) atoms. The molecule has 0 amide bonds. The zero-order chi connectivity index (χ0) is 16.8. The second-order valence-corrected chi connectivity index (χ2v) is 6.02. The Morgan fingerprint density at radius 1 is 1.13 bits per heavy atom. The predicted octanol–water partition coefficient (Wildman–Crippen LogP) is 3.53. The van der Waals surface area contributed by atoms with Crippen LogP contribution in [0.5, 0.6) is 0 Å². The average Bonchev–Trinajstić information content (AvgIpc) is 2.77. The lowest BCUT2D eigenvalue weighted by Gasteiger charge is -2.29. The molecule has 1 aliphatic rings. The molecule has 0 aliphatic carbocycles. The second-order valence-electron chi connectivity index (χ2n) is 5.61. The summed E-state index contributed by atoms with van der Waals surface area (Å²) in [6, 6.07) is 5.26. The van der Waals surface area contributed by atoms with E-state index in [0.29, 0.717) is 16.3 Å². The van der Waals surface area contributed by atoms with Gasteiger partial charge in [0.2, 0.25) is 0 Å². The smallest absolute Gasteiger partial charge is 0.350 e. The molecule has 1 fully saturated rings. The average molecular weight is 336 g/mol. The summed E-state index contributed by atoms with van der Waals surface area (Å²) in [5, 5.41) is 4.09. The first-order valence-electron chi connectivity index (χ1n) is 6.88. The van der Waals surface area contributed by atoms with Gasteiger partial charge < -0.3 is 19.2 Å². The van der Waals surface area contributed by atoms with E-state index in [1.807, 2.05) is 13.0 Å². The third-order valence-electron chi connectivity index (χ3n) is 3.19. The Bertz CT molecular complexity index is 828. The number of furan rings is 1. The van der Waals surface area contributed by atoms with E-state index in [1.54, 1.807) is 12.1 Å². The number of fused-ring (bicyclic) bond motifs is 1. The summed E-state index contributed by atoms with van der Waals surface area (Å²) in [5.74, 6) is -2.02. The number of benzene rings is 1. The molecule has 2 aromatic rings. The van der Waals surface area contributed by atoms with Crippen LogP contribution in [0.25, 0.3) is 11.0 Å². The standard InChI is InChI=1S/C16H14ClNO5/c1-8-4-9-5-10(6-12(17)13(9)21-8)18-7-11-14(19)22-16(2,3)23-15(11)20/h4-7,18H,1-3H3. The molecule has 120 valence electrons. The molecule has 3 rings (SSSR count). The van der Waals surface area contributed by atoms with E-state index in [1.165, 1.54) is 20.0 Å². The molecule has 7 heteroatoms. The summed E-state index contributed by atoms with van der Waals surface area (Å²) in [4.78, 5) is 23.7. The Balaban J connectivity index is 1.87. The van der Waals surface area contributed by atoms with Gasteiger partial charge in [-0.3, -0.25) is 0 Å². The van der Waals surface area contributed by atoms with Gasteiger partial charge in [-0.25, -0.2) is 9.59 Å². The quantitative estimate of drug-likeness (QED) is 0.514. The maximum absolute atomic E-state index is 11.9. The number of carbonyl (C=O) groups excluding carboxylic acids is 2. The van der Waals surface area contributed by atoms with Crippen LogP contribution in [0.15, 0.2) is 34.4 Å². The van der Waals surface area contributed by atoms with Gasteiger partial charge in [0.05, 0.1) is 5.02 Å². The number of esters is 2. The van der Waals surface area contributed by atoms with E-state index in [-0.39, 0.29) is 5.57 Å². The highest BCUT2D eigenvalue weighted by molar-refractivity contribution is 6.35. The summed E-state index contributed by atoms with van der Waals surface area (Å²) in [6.07, 6.45) is 1.24. The van der Waals surface area contributed by atoms with Crippen molar-refractivity contribution in [1.82, 2.24) is 0 Å². The van der Waals surface area contributed by atoms with E-state index in [4.69, 9.17) is 25.5 Å². The Morgan fingerprint density at radius 2 is 1.78 bits per heavy atom. The molecule has 1 N–H and O–H groups in total. The molecule has 1 saturated heterocycles. The van der Waals surface area contributed by atoms with Crippen molar-refractivity contribution in [2.24, 2.45) is 0 Å². The molecule has 0 atom stereocenters. The van der Waals surface area contributed by atoms with Gasteiger partial charge in [0.15, 0.2) is 11.2 Å². The minimum absolute atomic E-state index is 0.219. The SMILES string of the molecule is Cc1cc2cc(NC=C3C(=O)OC(C)(C)OC3=O)cc(Cl)c2o1. The van der Waals surface area contributed by atoms with Crippen LogP contribution in [0.2, 0.25) is 5.02 Å². The lowest BCUT2D eigenvalue weighted by molar-refractivity contribution is -0.222. The highest BCUT2D eigenvalue weighted by Crippen LogP contribution is 2.30. The van der Waals surface area contributed by atoms with Gasteiger partial charge in [0.1, 0.15) is 5.76 Å². The first-order chi connectivity index (χ1) is 10.7. The zero-order valence-corrected chi connectivity index (χ0v) is 13.5. The van der Waals surface area contributed by atoms with Gasteiger partial charge in [-0.1, -0.05) is 11.6 Å². The first-order valence-corrected chi connectivity index (χ1v) is 7.26. The van der Waals surface area contributed by atoms with Crippen molar-refractivity contribution in [2.75, 3.05) is 5.32 Å². The number of aryl methyl sites for hydroxylation is 1. The van der Waals surface area contributed by atoms with Crippen molar-refractivity contribution in [1.29, 1.82) is 0 Å². The van der Waals surface area contributed by atoms with E-state index < -0.39 is 17.7 Å². The Kier molecular flexibility index (Phi) is 3.56. The van der Waals surface area contributed by atoms with E-state index in [2.05, 4.69) is 5.32 Å². The van der Waals surface area contributed by atoms with Gasteiger partial charge in [-0.05, 0) is 25.1 Å². The molecule has 2 heterocycles. The highest BCUT2D eigenvalue weighted by atomic mass is 35.5. The van der Waals surface area contributed by atoms with Crippen molar-refractivity contribution in [3.63, 3.8) is 0 Å². The van der Waals surface area contributed by atoms with Crippen LogP contribution >= 0.6 is 11.6 Å². The van der Waals surface area contributed by atoms with Crippen LogP contribution in [-0.2, 0) is 19.1 Å². The molecule has 0 unspecified atom stereocenters. The lowest BCUT2D eigenvalue weighted by Crippen LogP contribution is -2.42. The van der Waals surface area contributed by atoms with Gasteiger partial charge in [0, 0.05) is 31.1 Å². The fraction of sp³-hybridized carbons (Fsp3) is 0.250. The number of hydrogen-bond donors (Lipinski definition) is 1. The van der Waals surface area contributed by atoms with Gasteiger partial charge in [0.25, 0.3) is 5.79 Å². The number of cyclic esters (lactones) is 2. The summed E-state index contributed by atoms with van der Waals surface area (Å²) < 4.78 is 15.5. The van der Waals surface area contributed by atoms with Crippen molar-refractivity contribution in [3.05, 3.63) is 40.8 Å². The Labute approximate surface area is 137 Å². The fourth-order valence-corrected chi connectivity index (χ4v) is 2.52. The number of nitrogens with one attached hydrogen (secondary N) is 1. The molecule has 0 bridgehead atoms. The number of anilines is 1. The molecule has 1 aromatic heterocycles. The van der Waals surface area contributed by atoms with E-state index in [0.717, 1.165) is 11.1 Å². The topological polar surface area (TPSA) is 77.8 Å². The number of hydrogen-bond acceptors (Lipinski definition) is 6. The molecule has 1 aromatic carbocycles. The predicted molar refractivity (Wildman–Crippen MR) is 83.9 cm³/mol. The Hall–Kier alpha value is -2.47. The summed E-state index contributed by atoms with van der Waals surface area (Å²) in [6.45, 7) is 4.80. The first kappa shape index (κ1) is 15.4. The van der Waals surface area contributed by atoms with Crippen LogP contribution in [0.1, 0.15) is 19.6 Å². The van der Waals surface area contributed by atoms with Crippen molar-refractivity contribution in [2.45, 2.75) is 26.6 Å². The monoisotopic (exact) mass is 335 g/mol. The largest absolute Gasteiger partial charge is 0.460 e. The van der Waals surface area contributed by atoms with Crippen molar-refractivity contribution >= 4 is 40.2 Å². The second kappa shape index (κ2) is 5.31. The number of halogens is 1. The molecule has 6 nitrogen and oxygen atoms in total. The summed E-state index contributed by atoms with van der Waals surface area (Å²) in [5.41, 5.74) is 0.964. The van der Waals surface area contributed by atoms with Crippen molar-refractivity contribution < 1.29 is 23.5 Å². The number of carbonyl (C=O) groups is 2. The minimum atomic E-state index is -1.26.